The molecule has 21 heavy (non-hydrogen) atoms. The van der Waals surface area contributed by atoms with E-state index in [-0.39, 0.29) is 11.7 Å². The molecule has 4 atom stereocenters. The molecule has 0 heterocycles. The van der Waals surface area contributed by atoms with E-state index < -0.39 is 29.7 Å². The van der Waals surface area contributed by atoms with Crippen LogP contribution in [0, 0.1) is 17.8 Å². The molecule has 0 spiro atoms. The average molecular weight is 298 g/mol. The van der Waals surface area contributed by atoms with E-state index in [9.17, 15) is 19.5 Å². The monoisotopic (exact) mass is 298 g/mol. The zero-order valence-electron chi connectivity index (χ0n) is 11.4. The van der Waals surface area contributed by atoms with Crippen LogP contribution in [0.2, 0.25) is 0 Å². The lowest BCUT2D eigenvalue weighted by molar-refractivity contribution is -0.213. The van der Waals surface area contributed by atoms with Crippen molar-refractivity contribution in [3.8, 4) is 0 Å². The van der Waals surface area contributed by atoms with Crippen molar-refractivity contribution in [2.45, 2.75) is 49.9 Å². The number of carboxylic acid groups (broad SMARTS) is 2. The van der Waals surface area contributed by atoms with Gasteiger partial charge in [0, 0.05) is 5.92 Å². The van der Waals surface area contributed by atoms with E-state index in [1.165, 1.54) is 0 Å². The van der Waals surface area contributed by atoms with Crippen LogP contribution in [0.1, 0.15) is 32.1 Å². The number of carbonyl (C=O) groups excluding carboxylic acids is 1. The number of carboxylic acids is 2. The molecule has 0 aliphatic heterocycles. The first-order valence-corrected chi connectivity index (χ1v) is 7.18. The van der Waals surface area contributed by atoms with Gasteiger partial charge in [0.15, 0.2) is 18.0 Å². The highest BCUT2D eigenvalue weighted by molar-refractivity contribution is 5.92. The number of carbonyl (C=O) groups is 3. The van der Waals surface area contributed by atoms with Gasteiger partial charge in [0.1, 0.15) is 5.60 Å². The molecular formula is C14H18O7. The number of aliphatic hydroxyl groups is 1. The molecule has 4 aliphatic rings. The van der Waals surface area contributed by atoms with E-state index in [1.807, 2.05) is 0 Å². The van der Waals surface area contributed by atoms with E-state index in [4.69, 9.17) is 14.9 Å². The Morgan fingerprint density at radius 3 is 2.14 bits per heavy atom. The summed E-state index contributed by atoms with van der Waals surface area (Å²) in [4.78, 5) is 34.6. The van der Waals surface area contributed by atoms with Gasteiger partial charge in [-0.3, -0.25) is 4.79 Å². The normalized spacial score (nSPS) is 40.0. The van der Waals surface area contributed by atoms with Gasteiger partial charge < -0.3 is 20.1 Å². The quantitative estimate of drug-likeness (QED) is 0.655. The lowest BCUT2D eigenvalue weighted by atomic mass is 9.53. The molecule has 4 saturated carbocycles. The molecule has 7 heteroatoms. The van der Waals surface area contributed by atoms with Crippen molar-refractivity contribution in [1.82, 2.24) is 0 Å². The Balaban J connectivity index is 1.86. The Labute approximate surface area is 120 Å². The van der Waals surface area contributed by atoms with Gasteiger partial charge in [0.2, 0.25) is 0 Å². The Bertz CT molecular complexity index is 486. The van der Waals surface area contributed by atoms with Gasteiger partial charge in [-0.1, -0.05) is 0 Å². The summed E-state index contributed by atoms with van der Waals surface area (Å²) in [6, 6.07) is 0. The topological polar surface area (TPSA) is 121 Å². The largest absolute Gasteiger partial charge is 0.479 e. The van der Waals surface area contributed by atoms with Gasteiger partial charge in [0.25, 0.3) is 0 Å². The molecule has 4 bridgehead atoms. The van der Waals surface area contributed by atoms with Gasteiger partial charge >= 0.3 is 11.9 Å². The number of hydrogen-bond donors (Lipinski definition) is 3. The second-order valence-corrected chi connectivity index (χ2v) is 6.56. The lowest BCUT2D eigenvalue weighted by Gasteiger charge is -2.55. The molecule has 7 nitrogen and oxygen atoms in total. The summed E-state index contributed by atoms with van der Waals surface area (Å²) in [6.45, 7) is 0. The Morgan fingerprint density at radius 1 is 1.10 bits per heavy atom. The van der Waals surface area contributed by atoms with E-state index in [0.29, 0.717) is 24.7 Å². The van der Waals surface area contributed by atoms with E-state index in [2.05, 4.69) is 0 Å². The highest BCUT2D eigenvalue weighted by atomic mass is 16.6. The fraction of sp³-hybridized carbons (Fsp3) is 0.786. The van der Waals surface area contributed by atoms with Crippen molar-refractivity contribution < 1.29 is 34.4 Å². The van der Waals surface area contributed by atoms with Crippen LogP contribution < -0.4 is 0 Å². The van der Waals surface area contributed by atoms with Crippen molar-refractivity contribution in [2.75, 3.05) is 0 Å². The summed E-state index contributed by atoms with van der Waals surface area (Å²) in [6.07, 6.45) is -0.553. The summed E-state index contributed by atoms with van der Waals surface area (Å²) in [5.74, 6) is -2.78. The SMILES string of the molecule is O=C(O)[C@H](O)[C@@H](OC12CC3CC(CC(C3)C1=O)C2)C(=O)O. The fourth-order valence-corrected chi connectivity index (χ4v) is 4.48. The number of ketones is 1. The lowest BCUT2D eigenvalue weighted by Crippen LogP contribution is -2.62. The van der Waals surface area contributed by atoms with Gasteiger partial charge in [-0.25, -0.2) is 9.59 Å². The molecule has 4 rings (SSSR count). The van der Waals surface area contributed by atoms with Gasteiger partial charge in [-0.05, 0) is 43.9 Å². The number of hydrogen-bond acceptors (Lipinski definition) is 5. The van der Waals surface area contributed by atoms with Crippen LogP contribution in [0.5, 0.6) is 0 Å². The summed E-state index contributed by atoms with van der Waals surface area (Å²) in [5.41, 5.74) is -1.21. The number of Topliss-reactive ketones (excluding diaryl/α,β-unsaturated/α-hetero) is 1. The summed E-state index contributed by atoms with van der Waals surface area (Å²) >= 11 is 0. The van der Waals surface area contributed by atoms with Crippen molar-refractivity contribution in [3.05, 3.63) is 0 Å². The summed E-state index contributed by atoms with van der Waals surface area (Å²) in [5, 5.41) is 27.5. The van der Waals surface area contributed by atoms with Gasteiger partial charge in [-0.2, -0.15) is 0 Å². The van der Waals surface area contributed by atoms with E-state index in [1.54, 1.807) is 0 Å². The van der Waals surface area contributed by atoms with Crippen LogP contribution in [-0.2, 0) is 19.1 Å². The first-order chi connectivity index (χ1) is 9.82. The molecule has 0 aromatic heterocycles. The third-order valence-corrected chi connectivity index (χ3v) is 5.09. The molecule has 0 aromatic carbocycles. The molecule has 4 aliphatic carbocycles. The molecule has 0 saturated heterocycles. The average Bonchev–Trinajstić information content (AvgIpc) is 2.40. The van der Waals surface area contributed by atoms with Gasteiger partial charge in [0.05, 0.1) is 0 Å². The fourth-order valence-electron chi connectivity index (χ4n) is 4.48. The molecule has 2 unspecified atom stereocenters. The number of aliphatic carboxylic acids is 2. The maximum Gasteiger partial charge on any atom is 0.336 e. The zero-order chi connectivity index (χ0) is 15.4. The molecule has 4 fully saturated rings. The first-order valence-electron chi connectivity index (χ1n) is 7.18. The maximum atomic E-state index is 12.5. The van der Waals surface area contributed by atoms with E-state index >= 15 is 0 Å². The van der Waals surface area contributed by atoms with Crippen LogP contribution >= 0.6 is 0 Å². The molecular weight excluding hydrogens is 280 g/mol. The zero-order valence-corrected chi connectivity index (χ0v) is 11.4. The second-order valence-electron chi connectivity index (χ2n) is 6.56. The molecule has 0 radical (unpaired) electrons. The molecule has 0 amide bonds. The standard InChI is InChI=1S/C14H18O7/c15-9(12(17)18)10(13(19)20)21-14-4-6-1-7(5-14)3-8(2-6)11(14)16/h6-10,15H,1-5H2,(H,17,18)(H,19,20)/t6?,7?,8?,9-,10-,14?/m1/s1. The molecule has 3 N–H and O–H groups in total. The van der Waals surface area contributed by atoms with Gasteiger partial charge in [-0.15, -0.1) is 0 Å². The Kier molecular flexibility index (Phi) is 3.29. The van der Waals surface area contributed by atoms with Crippen molar-refractivity contribution in [2.24, 2.45) is 17.8 Å². The highest BCUT2D eigenvalue weighted by Gasteiger charge is 2.59. The predicted molar refractivity (Wildman–Crippen MR) is 67.4 cm³/mol. The van der Waals surface area contributed by atoms with E-state index in [0.717, 1.165) is 19.3 Å². The predicted octanol–water partition coefficient (Wildman–Crippen LogP) is 0.0495. The van der Waals surface area contributed by atoms with Crippen LogP contribution in [0.15, 0.2) is 0 Å². The third-order valence-electron chi connectivity index (χ3n) is 5.09. The van der Waals surface area contributed by atoms with Crippen molar-refractivity contribution >= 4 is 17.7 Å². The number of rotatable bonds is 5. The molecule has 0 aromatic rings. The number of aliphatic hydroxyl groups excluding tert-OH is 1. The van der Waals surface area contributed by atoms with Crippen molar-refractivity contribution in [3.63, 3.8) is 0 Å². The van der Waals surface area contributed by atoms with Crippen molar-refractivity contribution in [1.29, 1.82) is 0 Å². The highest BCUT2D eigenvalue weighted by Crippen LogP contribution is 2.55. The van der Waals surface area contributed by atoms with Crippen LogP contribution in [0.4, 0.5) is 0 Å². The summed E-state index contributed by atoms with van der Waals surface area (Å²) < 4.78 is 5.47. The molecule has 116 valence electrons. The third kappa shape index (κ3) is 2.24. The van der Waals surface area contributed by atoms with Crippen LogP contribution in [-0.4, -0.2) is 50.9 Å². The van der Waals surface area contributed by atoms with Crippen LogP contribution in [0.25, 0.3) is 0 Å². The second kappa shape index (κ2) is 4.78. The Morgan fingerprint density at radius 2 is 1.67 bits per heavy atom. The number of ether oxygens (including phenoxy) is 1. The minimum atomic E-state index is -2.18. The first kappa shape index (κ1) is 14.5. The minimum absolute atomic E-state index is 0.104. The van der Waals surface area contributed by atoms with Crippen LogP contribution in [0.3, 0.4) is 0 Å². The smallest absolute Gasteiger partial charge is 0.336 e. The minimum Gasteiger partial charge on any atom is -0.479 e. The maximum absolute atomic E-state index is 12.5. The Hall–Kier alpha value is -1.47. The summed E-state index contributed by atoms with van der Waals surface area (Å²) in [7, 11) is 0.